The predicted molar refractivity (Wildman–Crippen MR) is 78.4 cm³/mol. The molecule has 102 valence electrons. The lowest BCUT2D eigenvalue weighted by molar-refractivity contribution is 0.0696. The standard InChI is InChI=1S/C15H13NO3S/c1-9-14(20-10(2)16-9)13(17)8-5-11-3-6-12(7-4-11)15(18)19/h3-8H,1-2H3,(H,18,19). The summed E-state index contributed by atoms with van der Waals surface area (Å²) in [5, 5.41) is 9.66. The number of aryl methyl sites for hydroxylation is 2. The molecule has 0 aliphatic rings. The fourth-order valence-corrected chi connectivity index (χ4v) is 2.58. The SMILES string of the molecule is Cc1nc(C)c(C(=O)C=Cc2ccc(C(=O)O)cc2)s1. The van der Waals surface area contributed by atoms with Crippen molar-refractivity contribution in [2.24, 2.45) is 0 Å². The van der Waals surface area contributed by atoms with Crippen molar-refractivity contribution in [3.8, 4) is 0 Å². The quantitative estimate of drug-likeness (QED) is 0.691. The molecule has 2 rings (SSSR count). The first-order valence-electron chi connectivity index (χ1n) is 5.97. The number of thiazole rings is 1. The van der Waals surface area contributed by atoms with Gasteiger partial charge in [-0.05, 0) is 37.6 Å². The van der Waals surface area contributed by atoms with Gasteiger partial charge in [-0.2, -0.15) is 0 Å². The number of benzene rings is 1. The molecular formula is C15H13NO3S. The number of carboxylic acid groups (broad SMARTS) is 1. The number of carboxylic acids is 1. The highest BCUT2D eigenvalue weighted by Gasteiger charge is 2.10. The second-order valence-corrected chi connectivity index (χ2v) is 5.48. The van der Waals surface area contributed by atoms with Crippen molar-refractivity contribution in [3.63, 3.8) is 0 Å². The fourth-order valence-electron chi connectivity index (χ4n) is 1.74. The van der Waals surface area contributed by atoms with Gasteiger partial charge in [-0.15, -0.1) is 11.3 Å². The highest BCUT2D eigenvalue weighted by molar-refractivity contribution is 7.13. The molecule has 2 aromatic rings. The average molecular weight is 287 g/mol. The van der Waals surface area contributed by atoms with E-state index in [0.717, 1.165) is 16.3 Å². The number of allylic oxidation sites excluding steroid dienone is 1. The first-order valence-corrected chi connectivity index (χ1v) is 6.79. The summed E-state index contributed by atoms with van der Waals surface area (Å²) in [5.74, 6) is -1.05. The zero-order valence-corrected chi connectivity index (χ0v) is 11.9. The highest BCUT2D eigenvalue weighted by atomic mass is 32.1. The molecule has 0 unspecified atom stereocenters. The summed E-state index contributed by atoms with van der Waals surface area (Å²) in [6, 6.07) is 6.35. The van der Waals surface area contributed by atoms with E-state index >= 15 is 0 Å². The predicted octanol–water partition coefficient (Wildman–Crippen LogP) is 3.35. The molecule has 0 fully saturated rings. The van der Waals surface area contributed by atoms with Crippen LogP contribution in [0.1, 0.15) is 36.3 Å². The summed E-state index contributed by atoms with van der Waals surface area (Å²) in [5.41, 5.74) is 1.74. The third kappa shape index (κ3) is 3.19. The molecule has 0 saturated heterocycles. The summed E-state index contributed by atoms with van der Waals surface area (Å²) in [4.78, 5) is 27.6. The minimum atomic E-state index is -0.965. The Morgan fingerprint density at radius 3 is 2.35 bits per heavy atom. The van der Waals surface area contributed by atoms with Gasteiger partial charge in [0.25, 0.3) is 0 Å². The zero-order chi connectivity index (χ0) is 14.7. The van der Waals surface area contributed by atoms with Crippen LogP contribution in [0.25, 0.3) is 6.08 Å². The van der Waals surface area contributed by atoms with Crippen LogP contribution < -0.4 is 0 Å². The summed E-state index contributed by atoms with van der Waals surface area (Å²) in [7, 11) is 0. The van der Waals surface area contributed by atoms with Crippen LogP contribution in [-0.2, 0) is 0 Å². The number of carbonyl (C=O) groups is 2. The van der Waals surface area contributed by atoms with E-state index in [4.69, 9.17) is 5.11 Å². The summed E-state index contributed by atoms with van der Waals surface area (Å²) in [6.07, 6.45) is 3.15. The molecule has 0 amide bonds. The maximum absolute atomic E-state index is 12.0. The van der Waals surface area contributed by atoms with E-state index in [1.54, 1.807) is 18.2 Å². The van der Waals surface area contributed by atoms with Crippen LogP contribution in [0.2, 0.25) is 0 Å². The van der Waals surface area contributed by atoms with Gasteiger partial charge in [0.05, 0.1) is 21.1 Å². The Kier molecular flexibility index (Phi) is 4.10. The van der Waals surface area contributed by atoms with Crippen molar-refractivity contribution < 1.29 is 14.7 Å². The minimum Gasteiger partial charge on any atom is -0.478 e. The van der Waals surface area contributed by atoms with Gasteiger partial charge in [-0.1, -0.05) is 18.2 Å². The maximum atomic E-state index is 12.0. The minimum absolute atomic E-state index is 0.0876. The van der Waals surface area contributed by atoms with Crippen LogP contribution in [0.4, 0.5) is 0 Å². The molecule has 1 aromatic heterocycles. The Morgan fingerprint density at radius 1 is 1.20 bits per heavy atom. The number of ketones is 1. The van der Waals surface area contributed by atoms with Crippen molar-refractivity contribution in [1.29, 1.82) is 0 Å². The van der Waals surface area contributed by atoms with Crippen molar-refractivity contribution in [3.05, 3.63) is 57.0 Å². The molecule has 0 bridgehead atoms. The van der Waals surface area contributed by atoms with Crippen molar-refractivity contribution in [2.75, 3.05) is 0 Å². The fraction of sp³-hybridized carbons (Fsp3) is 0.133. The van der Waals surface area contributed by atoms with Crippen molar-refractivity contribution >= 4 is 29.2 Å². The molecule has 1 heterocycles. The van der Waals surface area contributed by atoms with E-state index in [9.17, 15) is 9.59 Å². The Balaban J connectivity index is 2.15. The Hall–Kier alpha value is -2.27. The van der Waals surface area contributed by atoms with E-state index in [1.807, 2.05) is 13.8 Å². The van der Waals surface area contributed by atoms with E-state index in [-0.39, 0.29) is 11.3 Å². The number of carbonyl (C=O) groups excluding carboxylic acids is 1. The van der Waals surface area contributed by atoms with Gasteiger partial charge in [0.1, 0.15) is 0 Å². The molecule has 0 atom stereocenters. The average Bonchev–Trinajstić information content (AvgIpc) is 2.75. The van der Waals surface area contributed by atoms with E-state index in [0.29, 0.717) is 4.88 Å². The molecule has 0 saturated carbocycles. The molecule has 20 heavy (non-hydrogen) atoms. The van der Waals surface area contributed by atoms with Crippen LogP contribution in [-0.4, -0.2) is 21.8 Å². The smallest absolute Gasteiger partial charge is 0.335 e. The second kappa shape index (κ2) is 5.79. The van der Waals surface area contributed by atoms with Crippen LogP contribution in [0, 0.1) is 13.8 Å². The normalized spacial score (nSPS) is 10.9. The Morgan fingerprint density at radius 2 is 1.85 bits per heavy atom. The van der Waals surface area contributed by atoms with Gasteiger partial charge in [-0.3, -0.25) is 4.79 Å². The van der Waals surface area contributed by atoms with E-state index in [1.165, 1.54) is 29.5 Å². The molecule has 1 aromatic carbocycles. The van der Waals surface area contributed by atoms with Gasteiger partial charge in [0.15, 0.2) is 5.78 Å². The van der Waals surface area contributed by atoms with E-state index < -0.39 is 5.97 Å². The third-order valence-corrected chi connectivity index (χ3v) is 3.80. The topological polar surface area (TPSA) is 67.3 Å². The highest BCUT2D eigenvalue weighted by Crippen LogP contribution is 2.18. The lowest BCUT2D eigenvalue weighted by atomic mass is 10.1. The lowest BCUT2D eigenvalue weighted by Gasteiger charge is -1.96. The first-order chi connectivity index (χ1) is 9.47. The zero-order valence-electron chi connectivity index (χ0n) is 11.1. The Bertz CT molecular complexity index is 684. The lowest BCUT2D eigenvalue weighted by Crippen LogP contribution is -1.95. The van der Waals surface area contributed by atoms with Crippen LogP contribution >= 0.6 is 11.3 Å². The number of nitrogens with zero attached hydrogens (tertiary/aromatic N) is 1. The molecule has 5 heteroatoms. The Labute approximate surface area is 120 Å². The molecular weight excluding hydrogens is 274 g/mol. The third-order valence-electron chi connectivity index (χ3n) is 2.71. The number of aromatic carboxylic acids is 1. The second-order valence-electron chi connectivity index (χ2n) is 4.27. The number of hydrogen-bond donors (Lipinski definition) is 1. The van der Waals surface area contributed by atoms with Gasteiger partial charge >= 0.3 is 5.97 Å². The molecule has 4 nitrogen and oxygen atoms in total. The molecule has 0 spiro atoms. The molecule has 1 N–H and O–H groups in total. The van der Waals surface area contributed by atoms with Crippen molar-refractivity contribution in [2.45, 2.75) is 13.8 Å². The van der Waals surface area contributed by atoms with Gasteiger partial charge in [0, 0.05) is 0 Å². The number of rotatable bonds is 4. The molecule has 0 radical (unpaired) electrons. The largest absolute Gasteiger partial charge is 0.478 e. The van der Waals surface area contributed by atoms with Gasteiger partial charge in [-0.25, -0.2) is 9.78 Å². The summed E-state index contributed by atoms with van der Waals surface area (Å²) < 4.78 is 0. The number of aromatic nitrogens is 1. The maximum Gasteiger partial charge on any atom is 0.335 e. The summed E-state index contributed by atoms with van der Waals surface area (Å²) in [6.45, 7) is 3.68. The van der Waals surface area contributed by atoms with Crippen LogP contribution in [0.15, 0.2) is 30.3 Å². The van der Waals surface area contributed by atoms with E-state index in [2.05, 4.69) is 4.98 Å². The number of hydrogen-bond acceptors (Lipinski definition) is 4. The van der Waals surface area contributed by atoms with Crippen molar-refractivity contribution in [1.82, 2.24) is 4.98 Å². The summed E-state index contributed by atoms with van der Waals surface area (Å²) >= 11 is 1.37. The molecule has 0 aliphatic carbocycles. The van der Waals surface area contributed by atoms with Gasteiger partial charge < -0.3 is 5.11 Å². The van der Waals surface area contributed by atoms with Gasteiger partial charge in [0.2, 0.25) is 0 Å². The van der Waals surface area contributed by atoms with Crippen LogP contribution in [0.5, 0.6) is 0 Å². The monoisotopic (exact) mass is 287 g/mol. The first kappa shape index (κ1) is 14.1. The van der Waals surface area contributed by atoms with Crippen LogP contribution in [0.3, 0.4) is 0 Å². The molecule has 0 aliphatic heterocycles.